The minimum atomic E-state index is 0.464. The molecule has 1 aromatic heterocycles. The van der Waals surface area contributed by atoms with Gasteiger partial charge in [-0.1, -0.05) is 6.07 Å². The first-order chi connectivity index (χ1) is 8.17. The third-order valence-corrected chi connectivity index (χ3v) is 3.14. The summed E-state index contributed by atoms with van der Waals surface area (Å²) in [5, 5.41) is 0. The van der Waals surface area contributed by atoms with Crippen LogP contribution in [-0.4, -0.2) is 4.98 Å². The number of ether oxygens (including phenoxy) is 1. The van der Waals surface area contributed by atoms with Gasteiger partial charge in [-0.15, -0.1) is 11.6 Å². The fourth-order valence-electron chi connectivity index (χ4n) is 1.49. The van der Waals surface area contributed by atoms with Crippen LogP contribution in [0.5, 0.6) is 11.6 Å². The lowest BCUT2D eigenvalue weighted by atomic mass is 10.2. The molecular formula is C13H11ClINO. The molecular weight excluding hydrogens is 349 g/mol. The average molecular weight is 360 g/mol. The number of hydrogen-bond donors (Lipinski definition) is 0. The number of aryl methyl sites for hydroxylation is 1. The summed E-state index contributed by atoms with van der Waals surface area (Å²) in [5.74, 6) is 1.84. The van der Waals surface area contributed by atoms with Crippen LogP contribution in [0.25, 0.3) is 0 Å². The second-order valence-corrected chi connectivity index (χ2v) is 5.16. The third kappa shape index (κ3) is 3.57. The molecule has 0 aliphatic carbocycles. The summed E-state index contributed by atoms with van der Waals surface area (Å²) in [5.41, 5.74) is 1.92. The number of pyridine rings is 1. The van der Waals surface area contributed by atoms with Gasteiger partial charge in [0, 0.05) is 21.2 Å². The van der Waals surface area contributed by atoms with E-state index in [1.54, 1.807) is 0 Å². The Morgan fingerprint density at radius 3 is 2.82 bits per heavy atom. The number of aromatic nitrogens is 1. The van der Waals surface area contributed by atoms with E-state index in [1.165, 1.54) is 0 Å². The van der Waals surface area contributed by atoms with Gasteiger partial charge in [0.2, 0.25) is 5.88 Å². The second kappa shape index (κ2) is 5.69. The Bertz CT molecular complexity index is 531. The monoisotopic (exact) mass is 359 g/mol. The molecule has 0 amide bonds. The van der Waals surface area contributed by atoms with Gasteiger partial charge in [-0.2, -0.15) is 0 Å². The maximum Gasteiger partial charge on any atom is 0.219 e. The molecule has 17 heavy (non-hydrogen) atoms. The van der Waals surface area contributed by atoms with E-state index in [4.69, 9.17) is 16.3 Å². The Kier molecular flexibility index (Phi) is 4.23. The van der Waals surface area contributed by atoms with Gasteiger partial charge in [0.1, 0.15) is 5.75 Å². The zero-order valence-corrected chi connectivity index (χ0v) is 12.2. The van der Waals surface area contributed by atoms with Gasteiger partial charge < -0.3 is 4.74 Å². The first kappa shape index (κ1) is 12.6. The van der Waals surface area contributed by atoms with E-state index in [9.17, 15) is 0 Å². The number of halogens is 2. The summed E-state index contributed by atoms with van der Waals surface area (Å²) in [6.07, 6.45) is 0. The lowest BCUT2D eigenvalue weighted by molar-refractivity contribution is 0.461. The largest absolute Gasteiger partial charge is 0.439 e. The molecule has 4 heteroatoms. The maximum absolute atomic E-state index is 5.81. The van der Waals surface area contributed by atoms with Gasteiger partial charge in [-0.3, -0.25) is 0 Å². The van der Waals surface area contributed by atoms with Crippen LogP contribution in [0.15, 0.2) is 36.4 Å². The van der Waals surface area contributed by atoms with E-state index in [1.807, 2.05) is 43.3 Å². The van der Waals surface area contributed by atoms with Gasteiger partial charge in [0.05, 0.1) is 0 Å². The van der Waals surface area contributed by atoms with Crippen molar-refractivity contribution in [2.45, 2.75) is 12.8 Å². The predicted molar refractivity (Wildman–Crippen MR) is 77.8 cm³/mol. The predicted octanol–water partition coefficient (Wildman–Crippen LogP) is 4.53. The fourth-order valence-corrected chi connectivity index (χ4v) is 2.16. The highest BCUT2D eigenvalue weighted by atomic mass is 127. The van der Waals surface area contributed by atoms with Crippen LogP contribution in [0, 0.1) is 10.5 Å². The number of hydrogen-bond acceptors (Lipinski definition) is 2. The lowest BCUT2D eigenvalue weighted by Crippen LogP contribution is -1.92. The van der Waals surface area contributed by atoms with Gasteiger partial charge >= 0.3 is 0 Å². The van der Waals surface area contributed by atoms with Crippen LogP contribution < -0.4 is 4.74 Å². The zero-order valence-electron chi connectivity index (χ0n) is 9.28. The summed E-state index contributed by atoms with van der Waals surface area (Å²) < 4.78 is 6.84. The molecule has 0 radical (unpaired) electrons. The Morgan fingerprint density at radius 2 is 2.12 bits per heavy atom. The Labute approximate surface area is 119 Å². The SMILES string of the molecule is Cc1cc(CCl)cc(Oc2cccc(I)c2)n1. The molecule has 1 aromatic carbocycles. The molecule has 0 saturated heterocycles. The average Bonchev–Trinajstić information content (AvgIpc) is 2.28. The molecule has 0 saturated carbocycles. The Morgan fingerprint density at radius 1 is 1.29 bits per heavy atom. The summed E-state index contributed by atoms with van der Waals surface area (Å²) in [6.45, 7) is 1.93. The van der Waals surface area contributed by atoms with Crippen molar-refractivity contribution in [1.82, 2.24) is 4.98 Å². The minimum absolute atomic E-state index is 0.464. The van der Waals surface area contributed by atoms with Crippen molar-refractivity contribution in [2.75, 3.05) is 0 Å². The molecule has 0 bridgehead atoms. The standard InChI is InChI=1S/C13H11ClINO/c1-9-5-10(8-14)6-13(16-9)17-12-4-2-3-11(15)7-12/h2-7H,8H2,1H3. The molecule has 0 fully saturated rings. The van der Waals surface area contributed by atoms with Crippen molar-refractivity contribution in [3.63, 3.8) is 0 Å². The Balaban J connectivity index is 2.26. The summed E-state index contributed by atoms with van der Waals surface area (Å²) in [4.78, 5) is 4.32. The normalized spacial score (nSPS) is 10.3. The molecule has 2 nitrogen and oxygen atoms in total. The van der Waals surface area contributed by atoms with Crippen molar-refractivity contribution in [3.05, 3.63) is 51.2 Å². The van der Waals surface area contributed by atoms with E-state index >= 15 is 0 Å². The molecule has 1 heterocycles. The van der Waals surface area contributed by atoms with E-state index in [0.717, 1.165) is 20.6 Å². The van der Waals surface area contributed by atoms with Gasteiger partial charge in [0.25, 0.3) is 0 Å². The second-order valence-electron chi connectivity index (χ2n) is 3.65. The van der Waals surface area contributed by atoms with Crippen LogP contribution in [0.2, 0.25) is 0 Å². The first-order valence-corrected chi connectivity index (χ1v) is 6.75. The molecule has 0 spiro atoms. The van der Waals surface area contributed by atoms with Gasteiger partial charge in [-0.05, 0) is 59.3 Å². The zero-order chi connectivity index (χ0) is 12.3. The number of nitrogens with zero attached hydrogens (tertiary/aromatic N) is 1. The fraction of sp³-hybridized carbons (Fsp3) is 0.154. The van der Waals surface area contributed by atoms with Crippen LogP contribution in [0.4, 0.5) is 0 Å². The highest BCUT2D eigenvalue weighted by molar-refractivity contribution is 14.1. The Hall–Kier alpha value is -0.810. The molecule has 0 unspecified atom stereocenters. The number of benzene rings is 1. The molecule has 0 N–H and O–H groups in total. The highest BCUT2D eigenvalue weighted by Crippen LogP contribution is 2.23. The maximum atomic E-state index is 5.81. The molecule has 2 aromatic rings. The van der Waals surface area contributed by atoms with Crippen molar-refractivity contribution in [1.29, 1.82) is 0 Å². The molecule has 0 aliphatic rings. The quantitative estimate of drug-likeness (QED) is 0.593. The van der Waals surface area contributed by atoms with E-state index in [-0.39, 0.29) is 0 Å². The third-order valence-electron chi connectivity index (χ3n) is 2.16. The van der Waals surface area contributed by atoms with E-state index < -0.39 is 0 Å². The lowest BCUT2D eigenvalue weighted by Gasteiger charge is -2.07. The smallest absolute Gasteiger partial charge is 0.219 e. The minimum Gasteiger partial charge on any atom is -0.439 e. The van der Waals surface area contributed by atoms with Crippen molar-refractivity contribution < 1.29 is 4.74 Å². The van der Waals surface area contributed by atoms with Crippen LogP contribution >= 0.6 is 34.2 Å². The van der Waals surface area contributed by atoms with E-state index in [2.05, 4.69) is 27.6 Å². The van der Waals surface area contributed by atoms with Gasteiger partial charge in [-0.25, -0.2) is 4.98 Å². The van der Waals surface area contributed by atoms with Crippen molar-refractivity contribution in [3.8, 4) is 11.6 Å². The highest BCUT2D eigenvalue weighted by Gasteiger charge is 2.02. The summed E-state index contributed by atoms with van der Waals surface area (Å²) in [6, 6.07) is 11.7. The van der Waals surface area contributed by atoms with Crippen LogP contribution in [0.1, 0.15) is 11.3 Å². The summed E-state index contributed by atoms with van der Waals surface area (Å²) in [7, 11) is 0. The molecule has 0 aliphatic heterocycles. The number of alkyl halides is 1. The topological polar surface area (TPSA) is 22.1 Å². The first-order valence-electron chi connectivity index (χ1n) is 5.14. The van der Waals surface area contributed by atoms with Crippen molar-refractivity contribution >= 4 is 34.2 Å². The van der Waals surface area contributed by atoms with E-state index in [0.29, 0.717) is 11.8 Å². The molecule has 0 atom stereocenters. The number of rotatable bonds is 3. The molecule has 88 valence electrons. The molecule has 2 rings (SSSR count). The van der Waals surface area contributed by atoms with Crippen molar-refractivity contribution in [2.24, 2.45) is 0 Å². The van der Waals surface area contributed by atoms with Gasteiger partial charge in [0.15, 0.2) is 0 Å². The summed E-state index contributed by atoms with van der Waals surface area (Å²) >= 11 is 8.06. The van der Waals surface area contributed by atoms with Crippen LogP contribution in [0.3, 0.4) is 0 Å². The van der Waals surface area contributed by atoms with Crippen LogP contribution in [-0.2, 0) is 5.88 Å².